The van der Waals surface area contributed by atoms with Crippen molar-refractivity contribution in [2.45, 2.75) is 81.6 Å². The van der Waals surface area contributed by atoms with Gasteiger partial charge in [-0.05, 0) is 75.0 Å². The molecular weight excluding hydrogens is 491 g/mol. The molecule has 4 amide bonds. The Labute approximate surface area is 212 Å². The Morgan fingerprint density at radius 3 is 2.54 bits per heavy atom. The Morgan fingerprint density at radius 2 is 1.89 bits per heavy atom. The van der Waals surface area contributed by atoms with Gasteiger partial charge in [0.1, 0.15) is 17.6 Å². The molecule has 3 N–H and O–H groups in total. The zero-order valence-corrected chi connectivity index (χ0v) is 20.5. The Balaban J connectivity index is 1.34. The number of halogens is 3. The molecule has 0 aromatic heterocycles. The van der Waals surface area contributed by atoms with Crippen molar-refractivity contribution in [3.05, 3.63) is 0 Å². The Hall–Kier alpha value is -2.84. The lowest BCUT2D eigenvalue weighted by atomic mass is 9.90. The molecule has 3 saturated carbocycles. The minimum absolute atomic E-state index is 0.0397. The van der Waals surface area contributed by atoms with Gasteiger partial charge in [-0.3, -0.25) is 19.2 Å². The van der Waals surface area contributed by atoms with Gasteiger partial charge in [0.25, 0.3) is 0 Å². The van der Waals surface area contributed by atoms with E-state index in [4.69, 9.17) is 0 Å². The van der Waals surface area contributed by atoms with Crippen molar-refractivity contribution in [1.82, 2.24) is 20.9 Å². The summed E-state index contributed by atoms with van der Waals surface area (Å²) >= 11 is 0. The molecule has 5 fully saturated rings. The van der Waals surface area contributed by atoms with Gasteiger partial charge in [0.05, 0.1) is 6.07 Å². The van der Waals surface area contributed by atoms with Gasteiger partial charge in [-0.25, -0.2) is 0 Å². The Bertz CT molecular complexity index is 1020. The summed E-state index contributed by atoms with van der Waals surface area (Å²) in [7, 11) is 0. The predicted octanol–water partition coefficient (Wildman–Crippen LogP) is 1.39. The van der Waals surface area contributed by atoms with Crippen LogP contribution in [0.25, 0.3) is 0 Å². The maximum atomic E-state index is 13.8. The number of amides is 4. The summed E-state index contributed by atoms with van der Waals surface area (Å²) in [6, 6.07) is 0.193. The van der Waals surface area contributed by atoms with E-state index in [0.717, 1.165) is 32.1 Å². The zero-order valence-electron chi connectivity index (χ0n) is 20.5. The van der Waals surface area contributed by atoms with Crippen molar-refractivity contribution in [1.29, 1.82) is 5.26 Å². The quantitative estimate of drug-likeness (QED) is 0.464. The molecule has 0 radical (unpaired) electrons. The molecule has 37 heavy (non-hydrogen) atoms. The van der Waals surface area contributed by atoms with Crippen molar-refractivity contribution in [3.63, 3.8) is 0 Å². The van der Waals surface area contributed by atoms with Crippen LogP contribution in [0.2, 0.25) is 0 Å². The topological polar surface area (TPSA) is 131 Å². The van der Waals surface area contributed by atoms with E-state index in [0.29, 0.717) is 19.4 Å². The van der Waals surface area contributed by atoms with Gasteiger partial charge in [0.2, 0.25) is 17.7 Å². The maximum Gasteiger partial charge on any atom is 0.471 e. The van der Waals surface area contributed by atoms with Crippen molar-refractivity contribution >= 4 is 23.6 Å². The number of hydrogen-bond acceptors (Lipinski definition) is 5. The molecule has 0 aromatic rings. The van der Waals surface area contributed by atoms with Crippen LogP contribution >= 0.6 is 0 Å². The van der Waals surface area contributed by atoms with Crippen LogP contribution in [0.3, 0.4) is 0 Å². The highest BCUT2D eigenvalue weighted by Crippen LogP contribution is 2.59. The number of carbonyl (C=O) groups is 4. The van der Waals surface area contributed by atoms with Gasteiger partial charge < -0.3 is 20.9 Å². The SMILES string of the molecule is N#C[C@H](CC1CCCNC1=O)NC(=O)C1C2CCCC2CN1C(=O)[C@@]1(NC(=O)C(F)(F)F)C[C@H]1C1CC1. The first-order chi connectivity index (χ1) is 17.5. The fraction of sp³-hybridized carbons (Fsp3) is 0.800. The first-order valence-electron chi connectivity index (χ1n) is 13.2. The molecule has 0 spiro atoms. The molecule has 2 heterocycles. The number of rotatable bonds is 7. The number of alkyl halides is 3. The van der Waals surface area contributed by atoms with E-state index in [1.54, 1.807) is 0 Å². The highest BCUT2D eigenvalue weighted by atomic mass is 19.4. The molecule has 2 saturated heterocycles. The highest BCUT2D eigenvalue weighted by Gasteiger charge is 2.69. The van der Waals surface area contributed by atoms with Crippen LogP contribution in [0.4, 0.5) is 13.2 Å². The molecule has 3 aliphatic carbocycles. The number of carbonyl (C=O) groups excluding carboxylic acids is 4. The van der Waals surface area contributed by atoms with Crippen molar-refractivity contribution in [2.24, 2.45) is 29.6 Å². The third kappa shape index (κ3) is 4.89. The molecule has 9 nitrogen and oxygen atoms in total. The van der Waals surface area contributed by atoms with E-state index in [9.17, 15) is 37.6 Å². The van der Waals surface area contributed by atoms with E-state index >= 15 is 0 Å². The average molecular weight is 524 g/mol. The fourth-order valence-corrected chi connectivity index (χ4v) is 6.92. The third-order valence-corrected chi connectivity index (χ3v) is 8.99. The van der Waals surface area contributed by atoms with Crippen molar-refractivity contribution in [3.8, 4) is 6.07 Å². The lowest BCUT2D eigenvalue weighted by molar-refractivity contribution is -0.175. The first-order valence-corrected chi connectivity index (χ1v) is 13.2. The number of nitrogens with one attached hydrogen (secondary N) is 3. The van der Waals surface area contributed by atoms with Gasteiger partial charge >= 0.3 is 12.1 Å². The number of fused-ring (bicyclic) bond motifs is 1. The van der Waals surface area contributed by atoms with E-state index in [1.165, 1.54) is 4.90 Å². The van der Waals surface area contributed by atoms with Crippen LogP contribution in [0.1, 0.15) is 57.8 Å². The second-order valence-corrected chi connectivity index (χ2v) is 11.4. The van der Waals surface area contributed by atoms with Crippen molar-refractivity contribution < 1.29 is 32.3 Å². The van der Waals surface area contributed by atoms with Gasteiger partial charge in [-0.1, -0.05) is 6.42 Å². The number of nitriles is 1. The standard InChI is InChI=1S/C25H32F3N5O4/c26-25(27,28)22(36)32-24(10-18(24)13-6-7-13)23(37)33-12-15-3-1-5-17(15)19(33)21(35)31-16(11-29)9-14-4-2-8-30-20(14)34/h13-19H,1-10,12H2,(H,30,34)(H,31,35)(H,32,36)/t14?,15?,16-,17?,18-,19?,24+/m0/s1. The van der Waals surface area contributed by atoms with E-state index in [2.05, 4.69) is 10.6 Å². The summed E-state index contributed by atoms with van der Waals surface area (Å²) in [5, 5.41) is 17.2. The molecule has 12 heteroatoms. The van der Waals surface area contributed by atoms with Crippen LogP contribution in [-0.4, -0.2) is 65.4 Å². The molecule has 0 bridgehead atoms. The third-order valence-electron chi connectivity index (χ3n) is 8.99. The van der Waals surface area contributed by atoms with Crippen LogP contribution in [-0.2, 0) is 19.2 Å². The summed E-state index contributed by atoms with van der Waals surface area (Å²) < 4.78 is 39.4. The second kappa shape index (κ2) is 9.48. The predicted molar refractivity (Wildman–Crippen MR) is 122 cm³/mol. The lowest BCUT2D eigenvalue weighted by Crippen LogP contribution is -2.59. The summed E-state index contributed by atoms with van der Waals surface area (Å²) in [5.41, 5.74) is -1.64. The van der Waals surface area contributed by atoms with E-state index < -0.39 is 47.4 Å². The molecule has 5 aliphatic rings. The first kappa shape index (κ1) is 25.8. The summed E-state index contributed by atoms with van der Waals surface area (Å²) in [5.74, 6) is -4.23. The Kier molecular flexibility index (Phi) is 6.61. The summed E-state index contributed by atoms with van der Waals surface area (Å²) in [6.07, 6.45) is 0.547. The minimum atomic E-state index is -5.12. The largest absolute Gasteiger partial charge is 0.471 e. The smallest absolute Gasteiger partial charge is 0.356 e. The zero-order chi connectivity index (χ0) is 26.5. The van der Waals surface area contributed by atoms with Crippen LogP contribution in [0, 0.1) is 40.9 Å². The summed E-state index contributed by atoms with van der Waals surface area (Å²) in [4.78, 5) is 52.8. The van der Waals surface area contributed by atoms with Gasteiger partial charge in [0.15, 0.2) is 0 Å². The lowest BCUT2D eigenvalue weighted by Gasteiger charge is -2.32. The molecular formula is C25H32F3N5O4. The fourth-order valence-electron chi connectivity index (χ4n) is 6.92. The molecule has 202 valence electrons. The summed E-state index contributed by atoms with van der Waals surface area (Å²) in [6.45, 7) is 0.820. The van der Waals surface area contributed by atoms with Gasteiger partial charge in [0, 0.05) is 19.0 Å². The van der Waals surface area contributed by atoms with E-state index in [1.807, 2.05) is 11.4 Å². The molecule has 7 atom stereocenters. The number of hydrogen-bond donors (Lipinski definition) is 3. The van der Waals surface area contributed by atoms with Crippen molar-refractivity contribution in [2.75, 3.05) is 13.1 Å². The number of piperidine rings is 1. The van der Waals surface area contributed by atoms with Gasteiger partial charge in [-0.15, -0.1) is 0 Å². The van der Waals surface area contributed by atoms with Gasteiger partial charge in [-0.2, -0.15) is 18.4 Å². The maximum absolute atomic E-state index is 13.8. The van der Waals surface area contributed by atoms with Crippen LogP contribution < -0.4 is 16.0 Å². The minimum Gasteiger partial charge on any atom is -0.356 e. The number of likely N-dealkylation sites (tertiary alicyclic amines) is 1. The Morgan fingerprint density at radius 1 is 1.14 bits per heavy atom. The van der Waals surface area contributed by atoms with Crippen LogP contribution in [0.15, 0.2) is 0 Å². The number of nitrogens with zero attached hydrogens (tertiary/aromatic N) is 2. The monoisotopic (exact) mass is 523 g/mol. The van der Waals surface area contributed by atoms with E-state index in [-0.39, 0.29) is 49.0 Å². The normalized spacial score (nSPS) is 35.7. The molecule has 4 unspecified atom stereocenters. The van der Waals surface area contributed by atoms with Crippen LogP contribution in [0.5, 0.6) is 0 Å². The average Bonchev–Trinajstić information content (AvgIpc) is 3.72. The molecule has 0 aromatic carbocycles. The molecule has 2 aliphatic heterocycles. The highest BCUT2D eigenvalue weighted by molar-refractivity contribution is 5.99. The second-order valence-electron chi connectivity index (χ2n) is 11.4. The molecule has 5 rings (SSSR count).